The fourth-order valence-electron chi connectivity index (χ4n) is 2.42. The molecule has 0 aliphatic heterocycles. The molecule has 4 nitrogen and oxygen atoms in total. The van der Waals surface area contributed by atoms with Crippen LogP contribution in [0.25, 0.3) is 0 Å². The Hall–Kier alpha value is -1.58. The molecule has 0 aromatic carbocycles. The molecule has 4 heteroatoms. The summed E-state index contributed by atoms with van der Waals surface area (Å²) in [6, 6.07) is 3.73. The molecule has 1 fully saturated rings. The van der Waals surface area contributed by atoms with E-state index in [1.807, 2.05) is 6.92 Å². The van der Waals surface area contributed by atoms with Gasteiger partial charge in [0.2, 0.25) is 0 Å². The van der Waals surface area contributed by atoms with E-state index in [1.54, 1.807) is 12.1 Å². The number of carbonyl (C=O) groups is 1. The Morgan fingerprint density at radius 2 is 2.11 bits per heavy atom. The molecule has 0 radical (unpaired) electrons. The van der Waals surface area contributed by atoms with Crippen LogP contribution < -0.4 is 5.32 Å². The van der Waals surface area contributed by atoms with Gasteiger partial charge in [-0.3, -0.25) is 0 Å². The van der Waals surface area contributed by atoms with Gasteiger partial charge in [-0.2, -0.15) is 0 Å². The molecule has 1 aromatic heterocycles. The monoisotopic (exact) mass is 248 g/mol. The highest BCUT2D eigenvalue weighted by Crippen LogP contribution is 2.21. The lowest BCUT2D eigenvalue weighted by Gasteiger charge is -2.23. The Labute approximate surface area is 107 Å². The first-order chi connectivity index (χ1) is 8.69. The third kappa shape index (κ3) is 3.22. The molecule has 2 N–H and O–H groups in total. The summed E-state index contributed by atoms with van der Waals surface area (Å²) in [5, 5.41) is 12.5. The minimum Gasteiger partial charge on any atom is -0.478 e. The number of carboxylic acid groups (broad SMARTS) is 1. The van der Waals surface area contributed by atoms with Gasteiger partial charge in [0.15, 0.2) is 0 Å². The van der Waals surface area contributed by atoms with E-state index in [0.29, 0.717) is 17.4 Å². The van der Waals surface area contributed by atoms with Crippen molar-refractivity contribution in [3.8, 4) is 0 Å². The minimum atomic E-state index is -0.890. The van der Waals surface area contributed by atoms with Crippen LogP contribution in [0, 0.1) is 0 Å². The van der Waals surface area contributed by atoms with E-state index in [-0.39, 0.29) is 0 Å². The zero-order valence-corrected chi connectivity index (χ0v) is 10.8. The minimum absolute atomic E-state index is 0.320. The van der Waals surface area contributed by atoms with Crippen LogP contribution in [0.15, 0.2) is 12.1 Å². The molecule has 2 rings (SSSR count). The SMILES string of the molecule is CCc1cc(C(=O)O)cc(NC2CCCCC2)n1. The van der Waals surface area contributed by atoms with Crippen LogP contribution in [-0.2, 0) is 6.42 Å². The average molecular weight is 248 g/mol. The molecule has 1 saturated carbocycles. The van der Waals surface area contributed by atoms with Crippen molar-refractivity contribution < 1.29 is 9.90 Å². The number of rotatable bonds is 4. The summed E-state index contributed by atoms with van der Waals surface area (Å²) >= 11 is 0. The first-order valence-electron chi connectivity index (χ1n) is 6.70. The number of aryl methyl sites for hydroxylation is 1. The van der Waals surface area contributed by atoms with Gasteiger partial charge in [-0.15, -0.1) is 0 Å². The Morgan fingerprint density at radius 3 is 2.72 bits per heavy atom. The first kappa shape index (κ1) is 12.9. The van der Waals surface area contributed by atoms with Gasteiger partial charge in [-0.05, 0) is 31.4 Å². The van der Waals surface area contributed by atoms with Crippen molar-refractivity contribution in [1.82, 2.24) is 4.98 Å². The van der Waals surface area contributed by atoms with Crippen molar-refractivity contribution in [2.45, 2.75) is 51.5 Å². The molecule has 1 heterocycles. The van der Waals surface area contributed by atoms with Crippen molar-refractivity contribution in [2.75, 3.05) is 5.32 Å². The van der Waals surface area contributed by atoms with Crippen LogP contribution in [-0.4, -0.2) is 22.1 Å². The molecule has 0 unspecified atom stereocenters. The third-order valence-corrected chi connectivity index (χ3v) is 3.44. The number of hydrogen-bond donors (Lipinski definition) is 2. The van der Waals surface area contributed by atoms with Gasteiger partial charge in [-0.1, -0.05) is 26.2 Å². The number of carboxylic acids is 1. The van der Waals surface area contributed by atoms with Crippen LogP contribution in [0.5, 0.6) is 0 Å². The fraction of sp³-hybridized carbons (Fsp3) is 0.571. The quantitative estimate of drug-likeness (QED) is 0.859. The van der Waals surface area contributed by atoms with Crippen molar-refractivity contribution >= 4 is 11.8 Å². The number of aromatic nitrogens is 1. The largest absolute Gasteiger partial charge is 0.478 e. The van der Waals surface area contributed by atoms with E-state index >= 15 is 0 Å². The summed E-state index contributed by atoms with van der Waals surface area (Å²) < 4.78 is 0. The van der Waals surface area contributed by atoms with Gasteiger partial charge in [-0.25, -0.2) is 9.78 Å². The van der Waals surface area contributed by atoms with E-state index in [9.17, 15) is 4.79 Å². The third-order valence-electron chi connectivity index (χ3n) is 3.44. The maximum absolute atomic E-state index is 11.1. The number of nitrogens with one attached hydrogen (secondary N) is 1. The molecule has 0 saturated heterocycles. The first-order valence-corrected chi connectivity index (χ1v) is 6.70. The number of aromatic carboxylic acids is 1. The second-order valence-electron chi connectivity index (χ2n) is 4.87. The van der Waals surface area contributed by atoms with Crippen molar-refractivity contribution in [1.29, 1.82) is 0 Å². The van der Waals surface area contributed by atoms with Crippen molar-refractivity contribution in [3.63, 3.8) is 0 Å². The lowest BCUT2D eigenvalue weighted by atomic mass is 9.95. The fourth-order valence-corrected chi connectivity index (χ4v) is 2.42. The van der Waals surface area contributed by atoms with E-state index in [2.05, 4.69) is 10.3 Å². The predicted molar refractivity (Wildman–Crippen MR) is 71.1 cm³/mol. The molecular formula is C14H20N2O2. The summed E-state index contributed by atoms with van der Waals surface area (Å²) in [4.78, 5) is 15.5. The van der Waals surface area contributed by atoms with Gasteiger partial charge >= 0.3 is 5.97 Å². The molecule has 0 bridgehead atoms. The van der Waals surface area contributed by atoms with Gasteiger partial charge in [0.05, 0.1) is 5.56 Å². The molecule has 0 amide bonds. The van der Waals surface area contributed by atoms with Crippen molar-refractivity contribution in [2.24, 2.45) is 0 Å². The van der Waals surface area contributed by atoms with E-state index in [0.717, 1.165) is 25.0 Å². The van der Waals surface area contributed by atoms with Gasteiger partial charge in [0.25, 0.3) is 0 Å². The summed E-state index contributed by atoms with van der Waals surface area (Å²) in [5.74, 6) is -0.183. The number of anilines is 1. The summed E-state index contributed by atoms with van der Waals surface area (Å²) in [6.45, 7) is 1.98. The van der Waals surface area contributed by atoms with Crippen LogP contribution >= 0.6 is 0 Å². The zero-order chi connectivity index (χ0) is 13.0. The van der Waals surface area contributed by atoms with Crippen LogP contribution in [0.3, 0.4) is 0 Å². The Morgan fingerprint density at radius 1 is 1.39 bits per heavy atom. The van der Waals surface area contributed by atoms with Crippen LogP contribution in [0.1, 0.15) is 55.1 Å². The van der Waals surface area contributed by atoms with Gasteiger partial charge in [0, 0.05) is 11.7 Å². The Kier molecular flexibility index (Phi) is 4.18. The van der Waals surface area contributed by atoms with Crippen molar-refractivity contribution in [3.05, 3.63) is 23.4 Å². The molecule has 1 aromatic rings. The lowest BCUT2D eigenvalue weighted by Crippen LogP contribution is -2.23. The molecule has 1 aliphatic carbocycles. The standard InChI is InChI=1S/C14H20N2O2/c1-2-11-8-10(14(17)18)9-13(15-11)16-12-6-4-3-5-7-12/h8-9,12H,2-7H2,1H3,(H,15,16)(H,17,18). The Balaban J connectivity index is 2.15. The molecular weight excluding hydrogens is 228 g/mol. The lowest BCUT2D eigenvalue weighted by molar-refractivity contribution is 0.0696. The molecule has 98 valence electrons. The normalized spacial score (nSPS) is 16.5. The molecule has 0 atom stereocenters. The smallest absolute Gasteiger partial charge is 0.335 e. The highest BCUT2D eigenvalue weighted by molar-refractivity contribution is 5.88. The maximum Gasteiger partial charge on any atom is 0.335 e. The van der Waals surface area contributed by atoms with E-state index in [4.69, 9.17) is 5.11 Å². The maximum atomic E-state index is 11.1. The number of nitrogens with zero attached hydrogens (tertiary/aromatic N) is 1. The Bertz CT molecular complexity index is 426. The summed E-state index contributed by atoms with van der Waals surface area (Å²) in [5.41, 5.74) is 1.15. The van der Waals surface area contributed by atoms with Gasteiger partial charge in [0.1, 0.15) is 5.82 Å². The predicted octanol–water partition coefficient (Wildman–Crippen LogP) is 3.09. The van der Waals surface area contributed by atoms with Crippen LogP contribution in [0.2, 0.25) is 0 Å². The molecule has 18 heavy (non-hydrogen) atoms. The second kappa shape index (κ2) is 5.85. The molecule has 1 aliphatic rings. The van der Waals surface area contributed by atoms with E-state index < -0.39 is 5.97 Å². The average Bonchev–Trinajstić information content (AvgIpc) is 2.39. The number of pyridine rings is 1. The highest BCUT2D eigenvalue weighted by Gasteiger charge is 2.15. The number of hydrogen-bond acceptors (Lipinski definition) is 3. The van der Waals surface area contributed by atoms with Crippen LogP contribution in [0.4, 0.5) is 5.82 Å². The zero-order valence-electron chi connectivity index (χ0n) is 10.8. The topological polar surface area (TPSA) is 62.2 Å². The molecule has 0 spiro atoms. The summed E-state index contributed by atoms with van der Waals surface area (Å²) in [6.07, 6.45) is 6.86. The summed E-state index contributed by atoms with van der Waals surface area (Å²) in [7, 11) is 0. The van der Waals surface area contributed by atoms with E-state index in [1.165, 1.54) is 19.3 Å². The highest BCUT2D eigenvalue weighted by atomic mass is 16.4. The van der Waals surface area contributed by atoms with Gasteiger partial charge < -0.3 is 10.4 Å². The second-order valence-corrected chi connectivity index (χ2v) is 4.87.